The molecule has 2 aromatic rings. The van der Waals surface area contributed by atoms with E-state index in [9.17, 15) is 0 Å². The molecule has 0 aliphatic heterocycles. The molecule has 0 aromatic heterocycles. The molecule has 0 fully saturated rings. The van der Waals surface area contributed by atoms with Crippen LogP contribution in [0.1, 0.15) is 32.8 Å². The third kappa shape index (κ3) is 7.14. The zero-order valence-electron chi connectivity index (χ0n) is 15.3. The van der Waals surface area contributed by atoms with Crippen LogP contribution in [0, 0.1) is 5.92 Å². The molecule has 0 aliphatic rings. The van der Waals surface area contributed by atoms with Crippen LogP contribution in [0.2, 0.25) is 0 Å². The molecule has 25 heavy (non-hydrogen) atoms. The van der Waals surface area contributed by atoms with Crippen molar-refractivity contribution in [1.82, 2.24) is 5.32 Å². The lowest BCUT2D eigenvalue weighted by atomic mass is 9.97. The molecule has 3 nitrogen and oxygen atoms in total. The molecule has 0 heterocycles. The van der Waals surface area contributed by atoms with Gasteiger partial charge in [-0.05, 0) is 68.2 Å². The number of ether oxygens (including phenoxy) is 1. The number of nitrogens with one attached hydrogen (secondary N) is 2. The van der Waals surface area contributed by atoms with Gasteiger partial charge in [0.25, 0.3) is 0 Å². The molecule has 2 N–H and O–H groups in total. The lowest BCUT2D eigenvalue weighted by Gasteiger charge is -2.18. The predicted octanol–water partition coefficient (Wildman–Crippen LogP) is 5.03. The van der Waals surface area contributed by atoms with Gasteiger partial charge in [0.15, 0.2) is 5.11 Å². The van der Waals surface area contributed by atoms with E-state index >= 15 is 0 Å². The summed E-state index contributed by atoms with van der Waals surface area (Å²) in [5, 5.41) is 7.23. The van der Waals surface area contributed by atoms with Gasteiger partial charge in [-0.15, -0.1) is 0 Å². The number of hydrogen-bond donors (Lipinski definition) is 2. The molecule has 0 saturated heterocycles. The summed E-state index contributed by atoms with van der Waals surface area (Å²) >= 11 is 5.42. The van der Waals surface area contributed by atoms with Gasteiger partial charge in [-0.25, -0.2) is 0 Å². The van der Waals surface area contributed by atoms with E-state index in [0.29, 0.717) is 11.0 Å². The first-order valence-electron chi connectivity index (χ1n) is 8.92. The Hall–Kier alpha value is -2.07. The van der Waals surface area contributed by atoms with Crippen LogP contribution in [-0.4, -0.2) is 17.8 Å². The van der Waals surface area contributed by atoms with Crippen LogP contribution >= 0.6 is 12.2 Å². The second-order valence-electron chi connectivity index (χ2n) is 6.49. The molecular weight excluding hydrogens is 328 g/mol. The highest BCUT2D eigenvalue weighted by molar-refractivity contribution is 7.80. The first-order valence-corrected chi connectivity index (χ1v) is 9.33. The fourth-order valence-corrected chi connectivity index (χ4v) is 2.81. The maximum absolute atomic E-state index is 5.65. The molecule has 0 amide bonds. The third-order valence-electron chi connectivity index (χ3n) is 3.98. The summed E-state index contributed by atoms with van der Waals surface area (Å²) in [6.45, 7) is 7.13. The third-order valence-corrected chi connectivity index (χ3v) is 4.23. The summed E-state index contributed by atoms with van der Waals surface area (Å²) in [5.74, 6) is 1.43. The Bertz CT molecular complexity index is 641. The van der Waals surface area contributed by atoms with Gasteiger partial charge in [0.05, 0.1) is 6.10 Å². The Morgan fingerprint density at radius 2 is 1.72 bits per heavy atom. The van der Waals surface area contributed by atoms with Crippen LogP contribution in [0.5, 0.6) is 5.75 Å². The Balaban J connectivity index is 1.79. The van der Waals surface area contributed by atoms with Crippen LogP contribution in [0.4, 0.5) is 5.69 Å². The number of benzene rings is 2. The molecule has 0 saturated carbocycles. The zero-order chi connectivity index (χ0) is 18.1. The Kier molecular flexibility index (Phi) is 7.74. The largest absolute Gasteiger partial charge is 0.491 e. The first-order chi connectivity index (χ1) is 12.1. The molecule has 134 valence electrons. The quantitative estimate of drug-likeness (QED) is 0.650. The lowest BCUT2D eigenvalue weighted by molar-refractivity contribution is 0.242. The van der Waals surface area contributed by atoms with Crippen molar-refractivity contribution in [3.8, 4) is 5.75 Å². The maximum Gasteiger partial charge on any atom is 0.170 e. The van der Waals surface area contributed by atoms with E-state index < -0.39 is 0 Å². The molecule has 0 unspecified atom stereocenters. The van der Waals surface area contributed by atoms with Gasteiger partial charge in [0.2, 0.25) is 0 Å². The second kappa shape index (κ2) is 10.0. The highest BCUT2D eigenvalue weighted by Crippen LogP contribution is 2.17. The second-order valence-corrected chi connectivity index (χ2v) is 6.90. The number of anilines is 1. The molecule has 4 heteroatoms. The van der Waals surface area contributed by atoms with Gasteiger partial charge in [-0.2, -0.15) is 0 Å². The normalized spacial score (nSPS) is 11.8. The van der Waals surface area contributed by atoms with Crippen molar-refractivity contribution in [3.63, 3.8) is 0 Å². The van der Waals surface area contributed by atoms with Crippen molar-refractivity contribution in [2.24, 2.45) is 5.92 Å². The zero-order valence-corrected chi connectivity index (χ0v) is 16.1. The number of rotatable bonds is 8. The predicted molar refractivity (Wildman–Crippen MR) is 110 cm³/mol. The van der Waals surface area contributed by atoms with Crippen molar-refractivity contribution < 1.29 is 4.74 Å². The Morgan fingerprint density at radius 3 is 2.32 bits per heavy atom. The van der Waals surface area contributed by atoms with Crippen molar-refractivity contribution in [2.45, 2.75) is 39.7 Å². The van der Waals surface area contributed by atoms with Gasteiger partial charge < -0.3 is 15.4 Å². The Morgan fingerprint density at radius 1 is 1.04 bits per heavy atom. The Labute approximate surface area is 156 Å². The first kappa shape index (κ1) is 19.3. The minimum Gasteiger partial charge on any atom is -0.491 e. The summed E-state index contributed by atoms with van der Waals surface area (Å²) in [6, 6.07) is 18.5. The van der Waals surface area contributed by atoms with Crippen LogP contribution in [0.15, 0.2) is 54.6 Å². The van der Waals surface area contributed by atoms with Crippen LogP contribution < -0.4 is 15.4 Å². The fourth-order valence-electron chi connectivity index (χ4n) is 2.61. The van der Waals surface area contributed by atoms with E-state index in [2.05, 4.69) is 47.9 Å². The standard InChI is InChI=1S/C21H28N2OS/c1-4-17(14-18-8-6-5-7-9-18)15-22-21(25)23-19-10-12-20(13-11-19)24-16(2)3/h5-13,16-17H,4,14-15H2,1-3H3,(H2,22,23,25)/t17-/m1/s1. The average molecular weight is 357 g/mol. The van der Waals surface area contributed by atoms with Crippen LogP contribution in [0.25, 0.3) is 0 Å². The molecule has 0 bridgehead atoms. The lowest BCUT2D eigenvalue weighted by Crippen LogP contribution is -2.33. The SMILES string of the molecule is CC[C@@H](CNC(=S)Nc1ccc(OC(C)C)cc1)Cc1ccccc1. The van der Waals surface area contributed by atoms with E-state index in [1.54, 1.807) is 0 Å². The van der Waals surface area contributed by atoms with Gasteiger partial charge in [0.1, 0.15) is 5.75 Å². The van der Waals surface area contributed by atoms with E-state index in [1.807, 2.05) is 38.1 Å². The van der Waals surface area contributed by atoms with Gasteiger partial charge >= 0.3 is 0 Å². The van der Waals surface area contributed by atoms with Gasteiger partial charge in [-0.1, -0.05) is 43.7 Å². The smallest absolute Gasteiger partial charge is 0.170 e. The minimum absolute atomic E-state index is 0.178. The van der Waals surface area contributed by atoms with E-state index in [-0.39, 0.29) is 6.10 Å². The average Bonchev–Trinajstić information content (AvgIpc) is 2.60. The topological polar surface area (TPSA) is 33.3 Å². The van der Waals surface area contributed by atoms with Crippen molar-refractivity contribution >= 4 is 23.0 Å². The highest BCUT2D eigenvalue weighted by Gasteiger charge is 2.08. The molecule has 0 radical (unpaired) electrons. The summed E-state index contributed by atoms with van der Waals surface area (Å²) in [6.07, 6.45) is 2.36. The van der Waals surface area contributed by atoms with Gasteiger partial charge in [0, 0.05) is 12.2 Å². The van der Waals surface area contributed by atoms with Crippen LogP contribution in [0.3, 0.4) is 0 Å². The van der Waals surface area contributed by atoms with E-state index in [0.717, 1.165) is 30.8 Å². The van der Waals surface area contributed by atoms with Gasteiger partial charge in [-0.3, -0.25) is 0 Å². The molecule has 1 atom stereocenters. The van der Waals surface area contributed by atoms with Crippen LogP contribution in [-0.2, 0) is 6.42 Å². The van der Waals surface area contributed by atoms with Crippen molar-refractivity contribution in [2.75, 3.05) is 11.9 Å². The molecule has 2 rings (SSSR count). The van der Waals surface area contributed by atoms with E-state index in [4.69, 9.17) is 17.0 Å². The number of thiocarbonyl (C=S) groups is 1. The van der Waals surface area contributed by atoms with Crippen molar-refractivity contribution in [1.29, 1.82) is 0 Å². The maximum atomic E-state index is 5.65. The summed E-state index contributed by atoms with van der Waals surface area (Å²) < 4.78 is 5.65. The highest BCUT2D eigenvalue weighted by atomic mass is 32.1. The molecular formula is C21H28N2OS. The summed E-state index contributed by atoms with van der Waals surface area (Å²) in [5.41, 5.74) is 2.33. The molecule has 0 spiro atoms. The van der Waals surface area contributed by atoms with E-state index in [1.165, 1.54) is 5.56 Å². The molecule has 0 aliphatic carbocycles. The summed E-state index contributed by atoms with van der Waals surface area (Å²) in [7, 11) is 0. The molecule has 2 aromatic carbocycles. The fraction of sp³-hybridized carbons (Fsp3) is 0.381. The minimum atomic E-state index is 0.178. The van der Waals surface area contributed by atoms with Crippen molar-refractivity contribution in [3.05, 3.63) is 60.2 Å². The monoisotopic (exact) mass is 356 g/mol. The summed E-state index contributed by atoms with van der Waals surface area (Å²) in [4.78, 5) is 0. The number of hydrogen-bond acceptors (Lipinski definition) is 2.